The van der Waals surface area contributed by atoms with Gasteiger partial charge < -0.3 is 9.80 Å². The molecule has 0 saturated carbocycles. The van der Waals surface area contributed by atoms with E-state index in [0.717, 1.165) is 0 Å². The molecule has 2 amide bonds. The number of rotatable bonds is 2. The Bertz CT molecular complexity index is 196. The summed E-state index contributed by atoms with van der Waals surface area (Å²) in [6.07, 6.45) is 1.11. The largest absolute Gasteiger partial charge is 0.339 e. The second kappa shape index (κ2) is 4.98. The average molecular weight is 198 g/mol. The zero-order valence-corrected chi connectivity index (χ0v) is 8.95. The SMILES string of the molecule is CCC(=O)N1CCN(C(=O)CC)CC1. The Kier molecular flexibility index (Phi) is 3.92. The van der Waals surface area contributed by atoms with Crippen molar-refractivity contribution in [2.75, 3.05) is 26.2 Å². The normalized spacial score (nSPS) is 17.0. The van der Waals surface area contributed by atoms with E-state index in [1.165, 1.54) is 0 Å². The van der Waals surface area contributed by atoms with Crippen LogP contribution in [0.25, 0.3) is 0 Å². The molecule has 80 valence electrons. The molecule has 0 radical (unpaired) electrons. The van der Waals surface area contributed by atoms with Crippen molar-refractivity contribution in [3.8, 4) is 0 Å². The lowest BCUT2D eigenvalue weighted by molar-refractivity contribution is -0.139. The summed E-state index contributed by atoms with van der Waals surface area (Å²) in [7, 11) is 0. The molecular weight excluding hydrogens is 180 g/mol. The first kappa shape index (κ1) is 11.0. The second-order valence-corrected chi connectivity index (χ2v) is 3.47. The molecule has 1 fully saturated rings. The fourth-order valence-corrected chi connectivity index (χ4v) is 1.65. The van der Waals surface area contributed by atoms with Crippen LogP contribution in [0.5, 0.6) is 0 Å². The van der Waals surface area contributed by atoms with Gasteiger partial charge in [0.1, 0.15) is 0 Å². The maximum absolute atomic E-state index is 11.3. The third-order valence-electron chi connectivity index (χ3n) is 2.59. The van der Waals surface area contributed by atoms with Crippen LogP contribution < -0.4 is 0 Å². The van der Waals surface area contributed by atoms with Gasteiger partial charge in [0, 0.05) is 39.0 Å². The smallest absolute Gasteiger partial charge is 0.222 e. The number of amides is 2. The maximum Gasteiger partial charge on any atom is 0.222 e. The third-order valence-corrected chi connectivity index (χ3v) is 2.59. The van der Waals surface area contributed by atoms with Gasteiger partial charge in [-0.2, -0.15) is 0 Å². The van der Waals surface area contributed by atoms with Crippen LogP contribution in [0.3, 0.4) is 0 Å². The zero-order chi connectivity index (χ0) is 10.6. The van der Waals surface area contributed by atoms with Gasteiger partial charge >= 0.3 is 0 Å². The minimum Gasteiger partial charge on any atom is -0.339 e. The summed E-state index contributed by atoms with van der Waals surface area (Å²) in [5.74, 6) is 0.377. The third kappa shape index (κ3) is 2.47. The van der Waals surface area contributed by atoms with E-state index < -0.39 is 0 Å². The zero-order valence-electron chi connectivity index (χ0n) is 8.95. The fourth-order valence-electron chi connectivity index (χ4n) is 1.65. The highest BCUT2D eigenvalue weighted by Gasteiger charge is 2.21. The number of hydrogen-bond donors (Lipinski definition) is 0. The molecule has 0 aromatic carbocycles. The van der Waals surface area contributed by atoms with Gasteiger partial charge in [0.15, 0.2) is 0 Å². The first-order chi connectivity index (χ1) is 6.69. The van der Waals surface area contributed by atoms with Crippen molar-refractivity contribution in [2.45, 2.75) is 26.7 Å². The van der Waals surface area contributed by atoms with Gasteiger partial charge in [-0.05, 0) is 0 Å². The summed E-state index contributed by atoms with van der Waals surface area (Å²) in [5, 5.41) is 0. The molecule has 0 aromatic heterocycles. The standard InChI is InChI=1S/C10H18N2O2/c1-3-9(13)11-5-7-12(8-6-11)10(14)4-2/h3-8H2,1-2H3. The van der Waals surface area contributed by atoms with Crippen LogP contribution in [-0.2, 0) is 9.59 Å². The van der Waals surface area contributed by atoms with Crippen molar-refractivity contribution in [2.24, 2.45) is 0 Å². The average Bonchev–Trinajstić information content (AvgIpc) is 2.27. The van der Waals surface area contributed by atoms with Crippen LogP contribution in [0.4, 0.5) is 0 Å². The second-order valence-electron chi connectivity index (χ2n) is 3.47. The maximum atomic E-state index is 11.3. The molecule has 0 unspecified atom stereocenters. The predicted molar refractivity (Wildman–Crippen MR) is 53.7 cm³/mol. The molecule has 14 heavy (non-hydrogen) atoms. The highest BCUT2D eigenvalue weighted by Crippen LogP contribution is 2.04. The van der Waals surface area contributed by atoms with Crippen LogP contribution >= 0.6 is 0 Å². The van der Waals surface area contributed by atoms with Crippen molar-refractivity contribution in [1.29, 1.82) is 0 Å². The Morgan fingerprint density at radius 2 is 1.14 bits per heavy atom. The van der Waals surface area contributed by atoms with E-state index >= 15 is 0 Å². The number of nitrogens with zero attached hydrogens (tertiary/aromatic N) is 2. The van der Waals surface area contributed by atoms with Crippen molar-refractivity contribution < 1.29 is 9.59 Å². The van der Waals surface area contributed by atoms with Gasteiger partial charge in [-0.25, -0.2) is 0 Å². The van der Waals surface area contributed by atoms with Crippen LogP contribution in [0.1, 0.15) is 26.7 Å². The van der Waals surface area contributed by atoms with E-state index in [0.29, 0.717) is 39.0 Å². The monoisotopic (exact) mass is 198 g/mol. The Morgan fingerprint density at radius 3 is 1.36 bits per heavy atom. The first-order valence-corrected chi connectivity index (χ1v) is 5.24. The van der Waals surface area contributed by atoms with Crippen molar-refractivity contribution in [3.05, 3.63) is 0 Å². The summed E-state index contributed by atoms with van der Waals surface area (Å²) >= 11 is 0. The minimum atomic E-state index is 0.189. The number of carbonyl (C=O) groups is 2. The minimum absolute atomic E-state index is 0.189. The Hall–Kier alpha value is -1.06. The predicted octanol–water partition coefficient (Wildman–Crippen LogP) is 0.477. The fraction of sp³-hybridized carbons (Fsp3) is 0.800. The van der Waals surface area contributed by atoms with Crippen LogP contribution in [0.2, 0.25) is 0 Å². The van der Waals surface area contributed by atoms with Crippen molar-refractivity contribution >= 4 is 11.8 Å². The molecule has 4 nitrogen and oxygen atoms in total. The van der Waals surface area contributed by atoms with Gasteiger partial charge in [-0.15, -0.1) is 0 Å². The Labute approximate surface area is 84.9 Å². The molecule has 1 heterocycles. The highest BCUT2D eigenvalue weighted by molar-refractivity contribution is 5.78. The topological polar surface area (TPSA) is 40.6 Å². The molecule has 0 spiro atoms. The molecule has 1 rings (SSSR count). The molecule has 4 heteroatoms. The van der Waals surface area contributed by atoms with Crippen molar-refractivity contribution in [1.82, 2.24) is 9.80 Å². The summed E-state index contributed by atoms with van der Waals surface area (Å²) < 4.78 is 0. The molecule has 1 saturated heterocycles. The molecule has 0 atom stereocenters. The van der Waals surface area contributed by atoms with Crippen molar-refractivity contribution in [3.63, 3.8) is 0 Å². The quantitative estimate of drug-likeness (QED) is 0.647. The summed E-state index contributed by atoms with van der Waals surface area (Å²) in [6, 6.07) is 0. The summed E-state index contributed by atoms with van der Waals surface area (Å²) in [5.41, 5.74) is 0. The summed E-state index contributed by atoms with van der Waals surface area (Å²) in [6.45, 7) is 6.51. The summed E-state index contributed by atoms with van der Waals surface area (Å²) in [4.78, 5) is 26.3. The van der Waals surface area contributed by atoms with E-state index in [1.54, 1.807) is 0 Å². The molecular formula is C10H18N2O2. The van der Waals surface area contributed by atoms with Gasteiger partial charge in [0.25, 0.3) is 0 Å². The van der Waals surface area contributed by atoms with Gasteiger partial charge in [0.05, 0.1) is 0 Å². The van der Waals surface area contributed by atoms with E-state index in [4.69, 9.17) is 0 Å². The lowest BCUT2D eigenvalue weighted by atomic mass is 10.2. The van der Waals surface area contributed by atoms with Crippen LogP contribution in [0.15, 0.2) is 0 Å². The van der Waals surface area contributed by atoms with E-state index in [1.807, 2.05) is 23.6 Å². The Balaban J connectivity index is 2.38. The number of carbonyl (C=O) groups excluding carboxylic acids is 2. The van der Waals surface area contributed by atoms with E-state index in [2.05, 4.69) is 0 Å². The highest BCUT2D eigenvalue weighted by atomic mass is 16.2. The van der Waals surface area contributed by atoms with Crippen LogP contribution in [0, 0.1) is 0 Å². The molecule has 1 aliphatic rings. The number of piperazine rings is 1. The lowest BCUT2D eigenvalue weighted by Gasteiger charge is -2.34. The van der Waals surface area contributed by atoms with Gasteiger partial charge in [-0.1, -0.05) is 13.8 Å². The Morgan fingerprint density at radius 1 is 0.857 bits per heavy atom. The molecule has 0 N–H and O–H groups in total. The van der Waals surface area contributed by atoms with E-state index in [9.17, 15) is 9.59 Å². The molecule has 1 aliphatic heterocycles. The number of hydrogen-bond acceptors (Lipinski definition) is 2. The van der Waals surface area contributed by atoms with Gasteiger partial charge in [-0.3, -0.25) is 9.59 Å². The van der Waals surface area contributed by atoms with Crippen LogP contribution in [-0.4, -0.2) is 47.8 Å². The van der Waals surface area contributed by atoms with Gasteiger partial charge in [0.2, 0.25) is 11.8 Å². The first-order valence-electron chi connectivity index (χ1n) is 5.24. The molecule has 0 aromatic rings. The molecule has 0 aliphatic carbocycles. The lowest BCUT2D eigenvalue weighted by Crippen LogP contribution is -2.50. The van der Waals surface area contributed by atoms with E-state index in [-0.39, 0.29) is 11.8 Å². The molecule has 0 bridgehead atoms.